The van der Waals surface area contributed by atoms with Crippen LogP contribution in [0.5, 0.6) is 0 Å². The van der Waals surface area contributed by atoms with Gasteiger partial charge in [-0.3, -0.25) is 0 Å². The van der Waals surface area contributed by atoms with Crippen molar-refractivity contribution in [1.82, 2.24) is 4.72 Å². The smallest absolute Gasteiger partial charge is 0.243 e. The van der Waals surface area contributed by atoms with Crippen LogP contribution in [0.1, 0.15) is 32.3 Å². The number of rotatable bonds is 7. The van der Waals surface area contributed by atoms with Gasteiger partial charge in [-0.15, -0.1) is 0 Å². The van der Waals surface area contributed by atoms with Gasteiger partial charge in [0.25, 0.3) is 0 Å². The molecule has 20 heavy (non-hydrogen) atoms. The Kier molecular flexibility index (Phi) is 5.68. The molecule has 1 rings (SSSR count). The summed E-state index contributed by atoms with van der Waals surface area (Å²) < 4.78 is 40.4. The lowest BCUT2D eigenvalue weighted by Gasteiger charge is -2.29. The lowest BCUT2D eigenvalue weighted by Crippen LogP contribution is -2.39. The number of aliphatic hydroxyl groups excluding tert-OH is 1. The summed E-state index contributed by atoms with van der Waals surface area (Å²) in [7, 11) is -3.91. The average molecular weight is 303 g/mol. The van der Waals surface area contributed by atoms with E-state index in [0.29, 0.717) is 18.4 Å². The van der Waals surface area contributed by atoms with E-state index in [9.17, 15) is 17.9 Å². The van der Waals surface area contributed by atoms with Gasteiger partial charge in [-0.25, -0.2) is 17.5 Å². The first kappa shape index (κ1) is 17.1. The third kappa shape index (κ3) is 3.77. The fraction of sp³-hybridized carbons (Fsp3) is 0.571. The maximum atomic E-state index is 13.7. The van der Waals surface area contributed by atoms with Crippen molar-refractivity contribution < 1.29 is 17.9 Å². The van der Waals surface area contributed by atoms with Gasteiger partial charge in [-0.1, -0.05) is 19.9 Å². The van der Waals surface area contributed by atoms with Gasteiger partial charge in [0.05, 0.1) is 0 Å². The van der Waals surface area contributed by atoms with Crippen molar-refractivity contribution in [3.05, 3.63) is 29.6 Å². The molecule has 0 bridgehead atoms. The molecule has 0 spiro atoms. The van der Waals surface area contributed by atoms with Crippen LogP contribution in [0.4, 0.5) is 4.39 Å². The molecule has 0 aliphatic carbocycles. The van der Waals surface area contributed by atoms with Crippen LogP contribution in [0.15, 0.2) is 23.1 Å². The molecule has 0 saturated carbocycles. The van der Waals surface area contributed by atoms with Gasteiger partial charge in [0.2, 0.25) is 10.0 Å². The van der Waals surface area contributed by atoms with Crippen molar-refractivity contribution >= 4 is 10.0 Å². The second-order valence-corrected chi connectivity index (χ2v) is 6.86. The molecule has 0 aliphatic heterocycles. The van der Waals surface area contributed by atoms with Gasteiger partial charge in [0.15, 0.2) is 0 Å². The quantitative estimate of drug-likeness (QED) is 0.811. The van der Waals surface area contributed by atoms with E-state index in [0.717, 1.165) is 6.07 Å². The molecule has 2 N–H and O–H groups in total. The van der Waals surface area contributed by atoms with E-state index in [1.54, 1.807) is 6.92 Å². The molecule has 0 unspecified atom stereocenters. The first-order valence-corrected chi connectivity index (χ1v) is 8.15. The van der Waals surface area contributed by atoms with Crippen LogP contribution in [0.3, 0.4) is 0 Å². The second kappa shape index (κ2) is 6.65. The summed E-state index contributed by atoms with van der Waals surface area (Å²) in [5.74, 6) is -0.773. The second-order valence-electron chi connectivity index (χ2n) is 5.12. The van der Waals surface area contributed by atoms with E-state index in [1.807, 2.05) is 13.8 Å². The van der Waals surface area contributed by atoms with Crippen LogP contribution in [-0.4, -0.2) is 26.7 Å². The fourth-order valence-corrected chi connectivity index (χ4v) is 3.24. The Labute approximate surface area is 120 Å². The molecule has 0 heterocycles. The van der Waals surface area contributed by atoms with Crippen LogP contribution in [0.25, 0.3) is 0 Å². The molecule has 1 aromatic rings. The van der Waals surface area contributed by atoms with Crippen LogP contribution in [0.2, 0.25) is 0 Å². The van der Waals surface area contributed by atoms with E-state index in [4.69, 9.17) is 0 Å². The molecule has 0 aliphatic rings. The van der Waals surface area contributed by atoms with Gasteiger partial charge >= 0.3 is 0 Å². The number of hydrogen-bond donors (Lipinski definition) is 2. The Morgan fingerprint density at radius 2 is 1.90 bits per heavy atom. The number of hydrogen-bond acceptors (Lipinski definition) is 3. The molecule has 0 atom stereocenters. The van der Waals surface area contributed by atoms with Crippen molar-refractivity contribution in [2.45, 2.75) is 38.5 Å². The number of aliphatic hydroxyl groups is 1. The van der Waals surface area contributed by atoms with E-state index in [2.05, 4.69) is 4.72 Å². The largest absolute Gasteiger partial charge is 0.396 e. The zero-order chi connectivity index (χ0) is 15.4. The predicted octanol–water partition coefficient (Wildman–Crippen LogP) is 2.21. The van der Waals surface area contributed by atoms with Gasteiger partial charge in [-0.2, -0.15) is 0 Å². The van der Waals surface area contributed by atoms with Gasteiger partial charge in [0, 0.05) is 18.6 Å². The summed E-state index contributed by atoms with van der Waals surface area (Å²) in [4.78, 5) is -0.350. The molecule has 0 amide bonds. The Morgan fingerprint density at radius 1 is 1.30 bits per heavy atom. The zero-order valence-corrected chi connectivity index (χ0v) is 12.9. The number of nitrogens with one attached hydrogen (secondary N) is 1. The van der Waals surface area contributed by atoms with Gasteiger partial charge in [-0.05, 0) is 37.5 Å². The maximum absolute atomic E-state index is 13.7. The molecule has 0 aromatic heterocycles. The Bertz CT molecular complexity index is 545. The SMILES string of the molecule is CCC(CC)(CO)CNS(=O)(=O)c1cc(C)ccc1F. The first-order valence-electron chi connectivity index (χ1n) is 6.67. The Hall–Kier alpha value is -0.980. The third-order valence-electron chi connectivity index (χ3n) is 3.85. The minimum absolute atomic E-state index is 0.0895. The lowest BCUT2D eigenvalue weighted by molar-refractivity contribution is 0.119. The van der Waals surface area contributed by atoms with E-state index >= 15 is 0 Å². The Balaban J connectivity index is 2.98. The lowest BCUT2D eigenvalue weighted by atomic mass is 9.84. The Morgan fingerprint density at radius 3 is 2.40 bits per heavy atom. The number of halogens is 1. The molecular weight excluding hydrogens is 281 g/mol. The minimum Gasteiger partial charge on any atom is -0.396 e. The summed E-state index contributed by atoms with van der Waals surface area (Å²) >= 11 is 0. The highest BCUT2D eigenvalue weighted by molar-refractivity contribution is 7.89. The van der Waals surface area contributed by atoms with E-state index < -0.39 is 21.3 Å². The summed E-state index contributed by atoms with van der Waals surface area (Å²) in [6.07, 6.45) is 1.28. The molecular formula is C14H22FNO3S. The van der Waals surface area contributed by atoms with Crippen molar-refractivity contribution in [2.75, 3.05) is 13.2 Å². The highest BCUT2D eigenvalue weighted by Gasteiger charge is 2.28. The number of benzene rings is 1. The number of aryl methyl sites for hydroxylation is 1. The minimum atomic E-state index is -3.91. The summed E-state index contributed by atoms with van der Waals surface area (Å²) in [5, 5.41) is 9.43. The normalized spacial score (nSPS) is 12.7. The highest BCUT2D eigenvalue weighted by Crippen LogP contribution is 2.25. The molecule has 0 saturated heterocycles. The van der Waals surface area contributed by atoms with E-state index in [1.165, 1.54) is 12.1 Å². The molecule has 0 radical (unpaired) electrons. The van der Waals surface area contributed by atoms with Crippen molar-refractivity contribution in [2.24, 2.45) is 5.41 Å². The molecule has 6 heteroatoms. The van der Waals surface area contributed by atoms with Crippen LogP contribution >= 0.6 is 0 Å². The fourth-order valence-electron chi connectivity index (χ4n) is 1.92. The standard InChI is InChI=1S/C14H22FNO3S/c1-4-14(5-2,10-17)9-16-20(18,19)13-8-11(3)6-7-12(13)15/h6-8,16-17H,4-5,9-10H2,1-3H3. The highest BCUT2D eigenvalue weighted by atomic mass is 32.2. The first-order chi connectivity index (χ1) is 9.30. The van der Waals surface area contributed by atoms with Gasteiger partial charge < -0.3 is 5.11 Å². The van der Waals surface area contributed by atoms with Crippen molar-refractivity contribution in [1.29, 1.82) is 0 Å². The summed E-state index contributed by atoms with van der Waals surface area (Å²) in [6.45, 7) is 5.46. The van der Waals surface area contributed by atoms with Gasteiger partial charge in [0.1, 0.15) is 10.7 Å². The molecule has 4 nitrogen and oxygen atoms in total. The van der Waals surface area contributed by atoms with Crippen LogP contribution in [0, 0.1) is 18.2 Å². The van der Waals surface area contributed by atoms with Crippen molar-refractivity contribution in [3.8, 4) is 0 Å². The molecule has 0 fully saturated rings. The van der Waals surface area contributed by atoms with Crippen LogP contribution in [-0.2, 0) is 10.0 Å². The molecule has 114 valence electrons. The number of sulfonamides is 1. The molecule has 1 aromatic carbocycles. The predicted molar refractivity (Wildman–Crippen MR) is 76.4 cm³/mol. The summed E-state index contributed by atoms with van der Waals surface area (Å²) in [6, 6.07) is 3.96. The summed E-state index contributed by atoms with van der Waals surface area (Å²) in [5.41, 5.74) is 0.166. The monoisotopic (exact) mass is 303 g/mol. The third-order valence-corrected chi connectivity index (χ3v) is 5.27. The van der Waals surface area contributed by atoms with E-state index in [-0.39, 0.29) is 18.0 Å². The topological polar surface area (TPSA) is 66.4 Å². The van der Waals surface area contributed by atoms with Crippen molar-refractivity contribution in [3.63, 3.8) is 0 Å². The zero-order valence-electron chi connectivity index (χ0n) is 12.1. The maximum Gasteiger partial charge on any atom is 0.243 e. The van der Waals surface area contributed by atoms with Crippen LogP contribution < -0.4 is 4.72 Å². The average Bonchev–Trinajstić information content (AvgIpc) is 2.43.